The van der Waals surface area contributed by atoms with Crippen molar-refractivity contribution < 1.29 is 4.79 Å². The molecule has 2 aromatic carbocycles. The summed E-state index contributed by atoms with van der Waals surface area (Å²) < 4.78 is 1.90. The van der Waals surface area contributed by atoms with E-state index in [4.69, 9.17) is 5.10 Å². The molecule has 1 aliphatic rings. The van der Waals surface area contributed by atoms with Crippen molar-refractivity contribution in [3.8, 4) is 16.9 Å². The van der Waals surface area contributed by atoms with Crippen LogP contribution in [0.25, 0.3) is 16.9 Å². The van der Waals surface area contributed by atoms with Gasteiger partial charge in [0.05, 0.1) is 16.9 Å². The molecule has 1 aromatic heterocycles. The molecular formula is C23H25N3O. The minimum atomic E-state index is 0.107. The van der Waals surface area contributed by atoms with Crippen LogP contribution in [0.2, 0.25) is 0 Å². The third kappa shape index (κ3) is 3.52. The number of amides is 1. The Morgan fingerprint density at radius 3 is 2.07 bits per heavy atom. The highest BCUT2D eigenvalue weighted by molar-refractivity contribution is 6.01. The van der Waals surface area contributed by atoms with Crippen LogP contribution in [0.5, 0.6) is 0 Å². The molecule has 1 fully saturated rings. The van der Waals surface area contributed by atoms with Crippen molar-refractivity contribution in [3.05, 3.63) is 71.9 Å². The van der Waals surface area contributed by atoms with Crippen molar-refractivity contribution in [2.24, 2.45) is 0 Å². The van der Waals surface area contributed by atoms with Crippen molar-refractivity contribution >= 4 is 5.91 Å². The predicted molar refractivity (Wildman–Crippen MR) is 108 cm³/mol. The first kappa shape index (κ1) is 17.5. The summed E-state index contributed by atoms with van der Waals surface area (Å²) in [5.74, 6) is 0.107. The van der Waals surface area contributed by atoms with Gasteiger partial charge in [0.25, 0.3) is 5.91 Å². The van der Waals surface area contributed by atoms with E-state index in [9.17, 15) is 4.79 Å². The first-order valence-electron chi connectivity index (χ1n) is 9.75. The topological polar surface area (TPSA) is 38.1 Å². The smallest absolute Gasteiger partial charge is 0.257 e. The van der Waals surface area contributed by atoms with Crippen molar-refractivity contribution in [2.75, 3.05) is 13.1 Å². The van der Waals surface area contributed by atoms with Crippen LogP contribution in [-0.4, -0.2) is 33.7 Å². The van der Waals surface area contributed by atoms with E-state index in [-0.39, 0.29) is 5.91 Å². The van der Waals surface area contributed by atoms with Gasteiger partial charge in [0.1, 0.15) is 5.69 Å². The summed E-state index contributed by atoms with van der Waals surface area (Å²) in [6.07, 6.45) is 4.58. The molecule has 4 rings (SSSR count). The third-order valence-corrected chi connectivity index (χ3v) is 5.27. The Morgan fingerprint density at radius 1 is 0.852 bits per heavy atom. The minimum absolute atomic E-state index is 0.107. The highest BCUT2D eigenvalue weighted by Crippen LogP contribution is 2.29. The Morgan fingerprint density at radius 2 is 1.44 bits per heavy atom. The van der Waals surface area contributed by atoms with Crippen molar-refractivity contribution in [2.45, 2.75) is 32.6 Å². The largest absolute Gasteiger partial charge is 0.339 e. The van der Waals surface area contributed by atoms with Gasteiger partial charge in [0.15, 0.2) is 0 Å². The van der Waals surface area contributed by atoms with Crippen molar-refractivity contribution in [1.82, 2.24) is 14.7 Å². The summed E-state index contributed by atoms with van der Waals surface area (Å²) in [4.78, 5) is 15.5. The van der Waals surface area contributed by atoms with Gasteiger partial charge in [-0.2, -0.15) is 5.10 Å². The van der Waals surface area contributed by atoms with Gasteiger partial charge >= 0.3 is 0 Å². The van der Waals surface area contributed by atoms with Crippen LogP contribution in [0.1, 0.15) is 41.7 Å². The van der Waals surface area contributed by atoms with Crippen LogP contribution in [0.4, 0.5) is 0 Å². The highest BCUT2D eigenvalue weighted by atomic mass is 16.2. The Labute approximate surface area is 160 Å². The maximum atomic E-state index is 13.5. The van der Waals surface area contributed by atoms with Crippen LogP contribution in [0.15, 0.2) is 60.7 Å². The fourth-order valence-electron chi connectivity index (χ4n) is 3.81. The summed E-state index contributed by atoms with van der Waals surface area (Å²) in [5.41, 5.74) is 4.35. The second-order valence-electron chi connectivity index (χ2n) is 7.13. The van der Waals surface area contributed by atoms with Gasteiger partial charge in [-0.25, -0.2) is 4.68 Å². The van der Waals surface area contributed by atoms with Crippen molar-refractivity contribution in [3.63, 3.8) is 0 Å². The van der Waals surface area contributed by atoms with E-state index in [1.165, 1.54) is 12.8 Å². The molecule has 2 heterocycles. The van der Waals surface area contributed by atoms with Crippen LogP contribution in [0, 0.1) is 6.92 Å². The SMILES string of the molecule is Cc1c(C(=O)N2CCCCCC2)c(-c2ccccc2)nn1-c1ccccc1. The van der Waals surface area contributed by atoms with Gasteiger partial charge in [-0.05, 0) is 31.9 Å². The van der Waals surface area contributed by atoms with Crippen LogP contribution < -0.4 is 0 Å². The molecule has 0 bridgehead atoms. The Hall–Kier alpha value is -2.88. The normalized spacial score (nSPS) is 14.8. The molecule has 4 nitrogen and oxygen atoms in total. The van der Waals surface area contributed by atoms with E-state index >= 15 is 0 Å². The molecule has 27 heavy (non-hydrogen) atoms. The van der Waals surface area contributed by atoms with Gasteiger partial charge in [0, 0.05) is 18.7 Å². The van der Waals surface area contributed by atoms with Gasteiger partial charge in [-0.1, -0.05) is 61.4 Å². The quantitative estimate of drug-likeness (QED) is 0.669. The predicted octanol–water partition coefficient (Wildman–Crippen LogP) is 4.86. The fourth-order valence-corrected chi connectivity index (χ4v) is 3.81. The lowest BCUT2D eigenvalue weighted by atomic mass is 10.0. The van der Waals surface area contributed by atoms with Crippen molar-refractivity contribution in [1.29, 1.82) is 0 Å². The van der Waals surface area contributed by atoms with E-state index in [1.807, 2.05) is 77.2 Å². The van der Waals surface area contributed by atoms with Gasteiger partial charge in [-0.3, -0.25) is 4.79 Å². The number of carbonyl (C=O) groups excluding carboxylic acids is 1. The Bertz CT molecular complexity index is 908. The fraction of sp³-hybridized carbons (Fsp3) is 0.304. The highest BCUT2D eigenvalue weighted by Gasteiger charge is 2.27. The third-order valence-electron chi connectivity index (χ3n) is 5.27. The number of rotatable bonds is 3. The standard InChI is InChI=1S/C23H25N3O/c1-18-21(23(27)25-16-10-2-3-11-17-25)22(19-12-6-4-7-13-19)24-26(18)20-14-8-5-9-15-20/h4-9,12-15H,2-3,10-11,16-17H2,1H3. The van der Waals surface area contributed by atoms with E-state index in [0.717, 1.165) is 54.1 Å². The molecule has 0 radical (unpaired) electrons. The van der Waals surface area contributed by atoms with Gasteiger partial charge < -0.3 is 4.90 Å². The molecule has 0 spiro atoms. The summed E-state index contributed by atoms with van der Waals surface area (Å²) in [6.45, 7) is 3.67. The van der Waals surface area contributed by atoms with Gasteiger partial charge in [0.2, 0.25) is 0 Å². The number of hydrogen-bond acceptors (Lipinski definition) is 2. The molecule has 0 saturated carbocycles. The maximum Gasteiger partial charge on any atom is 0.257 e. The summed E-state index contributed by atoms with van der Waals surface area (Å²) in [5, 5.41) is 4.86. The average molecular weight is 359 g/mol. The second kappa shape index (κ2) is 7.78. The molecule has 4 heteroatoms. The number of aromatic nitrogens is 2. The average Bonchev–Trinajstić information content (AvgIpc) is 2.88. The number of carbonyl (C=O) groups is 1. The zero-order valence-corrected chi connectivity index (χ0v) is 15.8. The number of benzene rings is 2. The van der Waals surface area contributed by atoms with E-state index in [0.29, 0.717) is 0 Å². The van der Waals surface area contributed by atoms with Gasteiger partial charge in [-0.15, -0.1) is 0 Å². The first-order valence-corrected chi connectivity index (χ1v) is 9.75. The molecule has 1 amide bonds. The number of nitrogens with zero attached hydrogens (tertiary/aromatic N) is 3. The zero-order chi connectivity index (χ0) is 18.6. The molecule has 138 valence electrons. The Kier molecular flexibility index (Phi) is 5.05. The molecule has 0 atom stereocenters. The lowest BCUT2D eigenvalue weighted by molar-refractivity contribution is 0.0761. The maximum absolute atomic E-state index is 13.5. The lowest BCUT2D eigenvalue weighted by Crippen LogP contribution is -2.32. The van der Waals surface area contributed by atoms with E-state index in [1.54, 1.807) is 0 Å². The number of para-hydroxylation sites is 1. The Balaban J connectivity index is 1.83. The number of hydrogen-bond donors (Lipinski definition) is 0. The first-order chi connectivity index (χ1) is 13.3. The lowest BCUT2D eigenvalue weighted by Gasteiger charge is -2.20. The molecule has 0 N–H and O–H groups in total. The molecule has 0 aliphatic carbocycles. The minimum Gasteiger partial charge on any atom is -0.339 e. The van der Waals surface area contributed by atoms with Crippen LogP contribution >= 0.6 is 0 Å². The molecule has 0 unspecified atom stereocenters. The monoisotopic (exact) mass is 359 g/mol. The van der Waals surface area contributed by atoms with Crippen LogP contribution in [0.3, 0.4) is 0 Å². The van der Waals surface area contributed by atoms with E-state index in [2.05, 4.69) is 0 Å². The summed E-state index contributed by atoms with van der Waals surface area (Å²) in [7, 11) is 0. The van der Waals surface area contributed by atoms with Crippen LogP contribution in [-0.2, 0) is 0 Å². The summed E-state index contributed by atoms with van der Waals surface area (Å²) >= 11 is 0. The molecule has 3 aromatic rings. The molecular weight excluding hydrogens is 334 g/mol. The number of likely N-dealkylation sites (tertiary alicyclic amines) is 1. The molecule has 1 aliphatic heterocycles. The summed E-state index contributed by atoms with van der Waals surface area (Å²) in [6, 6.07) is 20.0. The molecule has 1 saturated heterocycles. The second-order valence-corrected chi connectivity index (χ2v) is 7.13. The van der Waals surface area contributed by atoms with E-state index < -0.39 is 0 Å². The zero-order valence-electron chi connectivity index (χ0n) is 15.8.